The van der Waals surface area contributed by atoms with Gasteiger partial charge in [-0.2, -0.15) is 0 Å². The minimum Gasteiger partial charge on any atom is -0.444 e. The molecule has 0 aromatic carbocycles. The molecule has 2 rings (SSSR count). The van der Waals surface area contributed by atoms with E-state index in [0.29, 0.717) is 12.0 Å². The molecule has 3 unspecified atom stereocenters. The third-order valence-corrected chi connectivity index (χ3v) is 4.40. The van der Waals surface area contributed by atoms with Crippen LogP contribution in [0.2, 0.25) is 0 Å². The Bertz CT molecular complexity index is 360. The maximum absolute atomic E-state index is 12.1. The summed E-state index contributed by atoms with van der Waals surface area (Å²) in [7, 11) is 0. The van der Waals surface area contributed by atoms with Crippen LogP contribution >= 0.6 is 0 Å². The lowest BCUT2D eigenvalue weighted by Gasteiger charge is -2.48. The zero-order valence-corrected chi connectivity index (χ0v) is 13.6. The van der Waals surface area contributed by atoms with E-state index in [1.807, 2.05) is 20.8 Å². The number of rotatable bonds is 1. The predicted molar refractivity (Wildman–Crippen MR) is 80.7 cm³/mol. The standard InChI is InChI=1S/C16H30N2O2/c1-15(2,3)20-14(19)18-13-10-16(4,5)9-12-11(13)7-6-8-17-12/h11-13,17H,6-10H2,1-5H3,(H,18,19). The number of hydrogen-bond donors (Lipinski definition) is 2. The van der Waals surface area contributed by atoms with Crippen molar-refractivity contribution in [3.05, 3.63) is 0 Å². The summed E-state index contributed by atoms with van der Waals surface area (Å²) in [5, 5.41) is 6.77. The Labute approximate surface area is 123 Å². The van der Waals surface area contributed by atoms with E-state index in [9.17, 15) is 4.79 Å². The summed E-state index contributed by atoms with van der Waals surface area (Å²) in [5.41, 5.74) is -0.163. The Morgan fingerprint density at radius 1 is 1.30 bits per heavy atom. The Kier molecular flexibility index (Phi) is 4.33. The van der Waals surface area contributed by atoms with Crippen LogP contribution in [-0.2, 0) is 4.74 Å². The molecule has 4 nitrogen and oxygen atoms in total. The molecule has 2 fully saturated rings. The van der Waals surface area contributed by atoms with E-state index in [0.717, 1.165) is 13.0 Å². The average Bonchev–Trinajstić information content (AvgIpc) is 2.24. The Morgan fingerprint density at radius 2 is 2.00 bits per heavy atom. The first-order chi connectivity index (χ1) is 9.16. The van der Waals surface area contributed by atoms with Crippen LogP contribution < -0.4 is 10.6 Å². The van der Waals surface area contributed by atoms with Crippen LogP contribution in [0.3, 0.4) is 0 Å². The van der Waals surface area contributed by atoms with Crippen LogP contribution in [-0.4, -0.2) is 30.3 Å². The SMILES string of the molecule is CC1(C)CC2NCCCC2C(NC(=O)OC(C)(C)C)C1. The Hall–Kier alpha value is -0.770. The first-order valence-electron chi connectivity index (χ1n) is 7.89. The van der Waals surface area contributed by atoms with Crippen molar-refractivity contribution >= 4 is 6.09 Å². The van der Waals surface area contributed by atoms with Crippen LogP contribution in [0.4, 0.5) is 4.79 Å². The van der Waals surface area contributed by atoms with Gasteiger partial charge in [-0.05, 0) is 64.3 Å². The monoisotopic (exact) mass is 282 g/mol. The number of ether oxygens (including phenoxy) is 1. The molecule has 1 amide bonds. The van der Waals surface area contributed by atoms with Gasteiger partial charge >= 0.3 is 6.09 Å². The number of nitrogens with one attached hydrogen (secondary N) is 2. The molecular formula is C16H30N2O2. The summed E-state index contributed by atoms with van der Waals surface area (Å²) in [6, 6.07) is 0.763. The zero-order valence-electron chi connectivity index (χ0n) is 13.6. The highest BCUT2D eigenvalue weighted by Gasteiger charge is 2.43. The van der Waals surface area contributed by atoms with Crippen molar-refractivity contribution in [3.63, 3.8) is 0 Å². The fourth-order valence-corrected chi connectivity index (χ4v) is 3.73. The van der Waals surface area contributed by atoms with Gasteiger partial charge in [0.05, 0.1) is 0 Å². The van der Waals surface area contributed by atoms with Gasteiger partial charge in [0, 0.05) is 12.1 Å². The molecule has 20 heavy (non-hydrogen) atoms. The summed E-state index contributed by atoms with van der Waals surface area (Å²) < 4.78 is 5.42. The van der Waals surface area contributed by atoms with Crippen molar-refractivity contribution in [2.45, 2.75) is 78.0 Å². The molecule has 0 radical (unpaired) electrons. The van der Waals surface area contributed by atoms with Crippen LogP contribution in [0.1, 0.15) is 60.3 Å². The molecule has 1 aliphatic carbocycles. The fraction of sp³-hybridized carbons (Fsp3) is 0.938. The number of alkyl carbamates (subject to hydrolysis) is 1. The van der Waals surface area contributed by atoms with Crippen molar-refractivity contribution in [2.75, 3.05) is 6.54 Å². The number of amides is 1. The average molecular weight is 282 g/mol. The molecule has 2 aliphatic rings. The van der Waals surface area contributed by atoms with E-state index >= 15 is 0 Å². The zero-order chi connectivity index (χ0) is 15.0. The molecule has 0 aromatic rings. The lowest BCUT2D eigenvalue weighted by molar-refractivity contribution is 0.0336. The number of piperidine rings is 1. The summed E-state index contributed by atoms with van der Waals surface area (Å²) in [6.07, 6.45) is 4.37. The number of carbonyl (C=O) groups is 1. The smallest absolute Gasteiger partial charge is 0.407 e. The van der Waals surface area contributed by atoms with Gasteiger partial charge < -0.3 is 15.4 Å². The predicted octanol–water partition coefficient (Wildman–Crippen LogP) is 3.07. The van der Waals surface area contributed by atoms with Gasteiger partial charge in [-0.1, -0.05) is 13.8 Å². The summed E-state index contributed by atoms with van der Waals surface area (Å²) in [4.78, 5) is 12.1. The van der Waals surface area contributed by atoms with Crippen LogP contribution in [0, 0.1) is 11.3 Å². The first-order valence-corrected chi connectivity index (χ1v) is 7.89. The van der Waals surface area contributed by atoms with Gasteiger partial charge in [0.15, 0.2) is 0 Å². The maximum Gasteiger partial charge on any atom is 0.407 e. The van der Waals surface area contributed by atoms with Gasteiger partial charge in [0.1, 0.15) is 5.60 Å². The third-order valence-electron chi connectivity index (χ3n) is 4.40. The normalized spacial score (nSPS) is 33.1. The number of fused-ring (bicyclic) bond motifs is 1. The quantitative estimate of drug-likeness (QED) is 0.777. The Morgan fingerprint density at radius 3 is 2.65 bits per heavy atom. The van der Waals surface area contributed by atoms with Crippen LogP contribution in [0.5, 0.6) is 0 Å². The molecular weight excluding hydrogens is 252 g/mol. The number of hydrogen-bond acceptors (Lipinski definition) is 3. The second kappa shape index (κ2) is 5.55. The molecule has 0 aromatic heterocycles. The third kappa shape index (κ3) is 4.11. The minimum atomic E-state index is -0.432. The highest BCUT2D eigenvalue weighted by molar-refractivity contribution is 5.68. The summed E-state index contributed by atoms with van der Waals surface area (Å²) >= 11 is 0. The highest BCUT2D eigenvalue weighted by Crippen LogP contribution is 2.41. The molecule has 1 heterocycles. The Balaban J connectivity index is 2.02. The largest absolute Gasteiger partial charge is 0.444 e. The molecule has 3 atom stereocenters. The van der Waals surface area contributed by atoms with Gasteiger partial charge in [-0.15, -0.1) is 0 Å². The second-order valence-corrected chi connectivity index (χ2v) is 8.19. The lowest BCUT2D eigenvalue weighted by Crippen LogP contribution is -2.58. The van der Waals surface area contributed by atoms with E-state index in [-0.39, 0.29) is 17.6 Å². The fourth-order valence-electron chi connectivity index (χ4n) is 3.73. The van der Waals surface area contributed by atoms with E-state index in [2.05, 4.69) is 24.5 Å². The molecule has 4 heteroatoms. The molecule has 116 valence electrons. The minimum absolute atomic E-state index is 0.228. The van der Waals surface area contributed by atoms with Gasteiger partial charge in [0.2, 0.25) is 0 Å². The van der Waals surface area contributed by atoms with Crippen molar-refractivity contribution in [1.82, 2.24) is 10.6 Å². The molecule has 1 saturated carbocycles. The summed E-state index contributed by atoms with van der Waals surface area (Å²) in [6.45, 7) is 11.4. The van der Waals surface area contributed by atoms with Gasteiger partial charge in [-0.25, -0.2) is 4.79 Å². The van der Waals surface area contributed by atoms with Gasteiger partial charge in [0.25, 0.3) is 0 Å². The molecule has 1 saturated heterocycles. The molecule has 0 spiro atoms. The second-order valence-electron chi connectivity index (χ2n) is 8.19. The van der Waals surface area contributed by atoms with E-state index in [4.69, 9.17) is 4.74 Å². The molecule has 2 N–H and O–H groups in total. The van der Waals surface area contributed by atoms with Crippen molar-refractivity contribution in [2.24, 2.45) is 11.3 Å². The van der Waals surface area contributed by atoms with E-state index < -0.39 is 5.60 Å². The van der Waals surface area contributed by atoms with Crippen LogP contribution in [0.15, 0.2) is 0 Å². The molecule has 0 bridgehead atoms. The lowest BCUT2D eigenvalue weighted by atomic mass is 9.65. The van der Waals surface area contributed by atoms with Crippen molar-refractivity contribution < 1.29 is 9.53 Å². The van der Waals surface area contributed by atoms with Crippen LogP contribution in [0.25, 0.3) is 0 Å². The summed E-state index contributed by atoms with van der Waals surface area (Å²) in [5.74, 6) is 0.546. The first kappa shape index (κ1) is 15.6. The van der Waals surface area contributed by atoms with Crippen molar-refractivity contribution in [1.29, 1.82) is 0 Å². The molecule has 1 aliphatic heterocycles. The number of carbonyl (C=O) groups excluding carboxylic acids is 1. The maximum atomic E-state index is 12.1. The topological polar surface area (TPSA) is 50.4 Å². The van der Waals surface area contributed by atoms with Crippen molar-refractivity contribution in [3.8, 4) is 0 Å². The van der Waals surface area contributed by atoms with Gasteiger partial charge in [-0.3, -0.25) is 0 Å². The highest BCUT2D eigenvalue weighted by atomic mass is 16.6. The van der Waals surface area contributed by atoms with E-state index in [1.54, 1.807) is 0 Å². The van der Waals surface area contributed by atoms with E-state index in [1.165, 1.54) is 19.3 Å².